The van der Waals surface area contributed by atoms with E-state index in [1.54, 1.807) is 47.3 Å². The summed E-state index contributed by atoms with van der Waals surface area (Å²) in [6.45, 7) is 0.670. The van der Waals surface area contributed by atoms with Crippen molar-refractivity contribution in [2.24, 2.45) is 0 Å². The first-order valence-corrected chi connectivity index (χ1v) is 9.90. The molecule has 6 heteroatoms. The van der Waals surface area contributed by atoms with Gasteiger partial charge in [-0.1, -0.05) is 42.5 Å². The molecule has 0 aliphatic carbocycles. The summed E-state index contributed by atoms with van der Waals surface area (Å²) in [5, 5.41) is 0.757. The van der Waals surface area contributed by atoms with Crippen LogP contribution in [0, 0.1) is 5.82 Å². The van der Waals surface area contributed by atoms with Gasteiger partial charge in [0, 0.05) is 12.4 Å². The van der Waals surface area contributed by atoms with Crippen LogP contribution in [0.2, 0.25) is 0 Å². The largest absolute Gasteiger partial charge is 0.310 e. The molecule has 0 aliphatic heterocycles. The predicted molar refractivity (Wildman–Crippen MR) is 119 cm³/mol. The summed E-state index contributed by atoms with van der Waals surface area (Å²) in [4.78, 5) is 30.7. The minimum Gasteiger partial charge on any atom is -0.310 e. The van der Waals surface area contributed by atoms with Crippen molar-refractivity contribution in [3.63, 3.8) is 0 Å². The number of aromatic nitrogens is 3. The number of halogens is 1. The van der Waals surface area contributed by atoms with Crippen LogP contribution in [0.15, 0.2) is 94.8 Å². The quantitative estimate of drug-likeness (QED) is 0.421. The second-order valence-electron chi connectivity index (χ2n) is 7.47. The topological polar surface area (TPSA) is 56.9 Å². The Balaban J connectivity index is 1.61. The SMILES string of the molecule is O=c1c2cc3c(=O)n(Cc4cccc(F)c4)ccc3nc2ccn1Cc1ccccc1. The molecule has 0 amide bonds. The summed E-state index contributed by atoms with van der Waals surface area (Å²) in [6, 6.07) is 21.0. The van der Waals surface area contributed by atoms with E-state index >= 15 is 0 Å². The Morgan fingerprint density at radius 3 is 1.87 bits per heavy atom. The van der Waals surface area contributed by atoms with Crippen LogP contribution in [0.3, 0.4) is 0 Å². The van der Waals surface area contributed by atoms with E-state index < -0.39 is 0 Å². The number of nitrogens with zero attached hydrogens (tertiary/aromatic N) is 3. The van der Waals surface area contributed by atoms with Crippen LogP contribution in [-0.4, -0.2) is 14.1 Å². The van der Waals surface area contributed by atoms with E-state index in [-0.39, 0.29) is 23.5 Å². The zero-order chi connectivity index (χ0) is 21.4. The molecule has 0 N–H and O–H groups in total. The molecule has 31 heavy (non-hydrogen) atoms. The van der Waals surface area contributed by atoms with Gasteiger partial charge >= 0.3 is 0 Å². The number of rotatable bonds is 4. The van der Waals surface area contributed by atoms with Gasteiger partial charge in [-0.15, -0.1) is 0 Å². The molecule has 0 radical (unpaired) electrons. The number of hydrogen-bond donors (Lipinski definition) is 0. The van der Waals surface area contributed by atoms with Gasteiger partial charge in [-0.05, 0) is 41.5 Å². The molecule has 0 aliphatic rings. The molecule has 0 atom stereocenters. The van der Waals surface area contributed by atoms with Gasteiger partial charge in [0.05, 0.1) is 34.9 Å². The minimum absolute atomic E-state index is 0.198. The van der Waals surface area contributed by atoms with Crippen LogP contribution < -0.4 is 11.1 Å². The Hall–Kier alpha value is -4.06. The van der Waals surface area contributed by atoms with E-state index in [0.717, 1.165) is 5.56 Å². The van der Waals surface area contributed by atoms with Crippen molar-refractivity contribution in [3.05, 3.63) is 123 Å². The van der Waals surface area contributed by atoms with Crippen molar-refractivity contribution in [3.8, 4) is 0 Å². The fourth-order valence-electron chi connectivity index (χ4n) is 3.77. The fourth-order valence-corrected chi connectivity index (χ4v) is 3.77. The van der Waals surface area contributed by atoms with Crippen molar-refractivity contribution >= 4 is 21.8 Å². The van der Waals surface area contributed by atoms with Crippen molar-refractivity contribution in [1.29, 1.82) is 0 Å². The molecule has 152 valence electrons. The van der Waals surface area contributed by atoms with Crippen LogP contribution >= 0.6 is 0 Å². The molecule has 3 heterocycles. The van der Waals surface area contributed by atoms with Crippen LogP contribution in [0.4, 0.5) is 4.39 Å². The molecule has 5 aromatic rings. The van der Waals surface area contributed by atoms with Crippen molar-refractivity contribution in [1.82, 2.24) is 14.1 Å². The first-order chi connectivity index (χ1) is 15.1. The Bertz CT molecular complexity index is 1540. The van der Waals surface area contributed by atoms with Crippen molar-refractivity contribution in [2.75, 3.05) is 0 Å². The van der Waals surface area contributed by atoms with E-state index in [1.165, 1.54) is 16.7 Å². The lowest BCUT2D eigenvalue weighted by Gasteiger charge is -2.10. The second kappa shape index (κ2) is 7.65. The molecule has 0 saturated carbocycles. The van der Waals surface area contributed by atoms with Crippen LogP contribution in [0.1, 0.15) is 11.1 Å². The van der Waals surface area contributed by atoms with E-state index in [2.05, 4.69) is 4.98 Å². The second-order valence-corrected chi connectivity index (χ2v) is 7.47. The molecule has 5 rings (SSSR count). The van der Waals surface area contributed by atoms with Crippen molar-refractivity contribution < 1.29 is 4.39 Å². The highest BCUT2D eigenvalue weighted by molar-refractivity contribution is 5.91. The maximum absolute atomic E-state index is 13.5. The van der Waals surface area contributed by atoms with Gasteiger partial charge in [0.25, 0.3) is 11.1 Å². The summed E-state index contributed by atoms with van der Waals surface area (Å²) >= 11 is 0. The Kier molecular flexibility index (Phi) is 4.67. The molecule has 5 nitrogen and oxygen atoms in total. The summed E-state index contributed by atoms with van der Waals surface area (Å²) in [6.07, 6.45) is 3.37. The zero-order valence-corrected chi connectivity index (χ0v) is 16.5. The first-order valence-electron chi connectivity index (χ1n) is 9.90. The molecule has 0 bridgehead atoms. The number of pyridine rings is 3. The van der Waals surface area contributed by atoms with Gasteiger partial charge in [-0.25, -0.2) is 9.37 Å². The van der Waals surface area contributed by atoms with Gasteiger partial charge in [0.15, 0.2) is 0 Å². The molecule has 0 spiro atoms. The fraction of sp³-hybridized carbons (Fsp3) is 0.0800. The lowest BCUT2D eigenvalue weighted by molar-refractivity contribution is 0.623. The molecule has 0 unspecified atom stereocenters. The highest BCUT2D eigenvalue weighted by Crippen LogP contribution is 2.15. The van der Waals surface area contributed by atoms with Crippen LogP contribution in [0.25, 0.3) is 21.8 Å². The van der Waals surface area contributed by atoms with Crippen LogP contribution in [-0.2, 0) is 13.1 Å². The summed E-state index contributed by atoms with van der Waals surface area (Å²) in [5.41, 5.74) is 2.29. The maximum Gasteiger partial charge on any atom is 0.260 e. The lowest BCUT2D eigenvalue weighted by atomic mass is 10.1. The molecular weight excluding hydrogens is 393 g/mol. The molecular formula is C25H18FN3O2. The van der Waals surface area contributed by atoms with Crippen molar-refractivity contribution in [2.45, 2.75) is 13.1 Å². The van der Waals surface area contributed by atoms with E-state index in [9.17, 15) is 14.0 Å². The average Bonchev–Trinajstić information content (AvgIpc) is 2.78. The third kappa shape index (κ3) is 3.64. The average molecular weight is 411 g/mol. The first kappa shape index (κ1) is 18.9. The van der Waals surface area contributed by atoms with Gasteiger partial charge in [0.1, 0.15) is 5.82 Å². The van der Waals surface area contributed by atoms with Crippen LogP contribution in [0.5, 0.6) is 0 Å². The summed E-state index contributed by atoms with van der Waals surface area (Å²) < 4.78 is 16.6. The van der Waals surface area contributed by atoms with Gasteiger partial charge in [-0.3, -0.25) is 9.59 Å². The Morgan fingerprint density at radius 2 is 1.26 bits per heavy atom. The third-order valence-corrected chi connectivity index (χ3v) is 5.33. The Morgan fingerprint density at radius 1 is 0.677 bits per heavy atom. The third-order valence-electron chi connectivity index (χ3n) is 5.33. The predicted octanol–water partition coefficient (Wildman–Crippen LogP) is 3.95. The molecule has 2 aromatic carbocycles. The number of hydrogen-bond acceptors (Lipinski definition) is 3. The minimum atomic E-state index is -0.349. The van der Waals surface area contributed by atoms with Gasteiger partial charge in [-0.2, -0.15) is 0 Å². The van der Waals surface area contributed by atoms with E-state index in [4.69, 9.17) is 0 Å². The van der Waals surface area contributed by atoms with E-state index in [0.29, 0.717) is 33.9 Å². The highest BCUT2D eigenvalue weighted by atomic mass is 19.1. The zero-order valence-electron chi connectivity index (χ0n) is 16.5. The summed E-state index contributed by atoms with van der Waals surface area (Å²) in [5.74, 6) is -0.349. The molecule has 0 saturated heterocycles. The number of fused-ring (bicyclic) bond motifs is 2. The van der Waals surface area contributed by atoms with Gasteiger partial charge < -0.3 is 9.13 Å². The Labute approximate surface area is 176 Å². The standard InChI is InChI=1S/C25H18FN3O2/c26-19-8-4-7-18(13-19)16-29-12-10-23-21(25(29)31)14-20-22(27-23)9-11-28(24(20)30)15-17-5-2-1-3-6-17/h1-14H,15-16H2. The maximum atomic E-state index is 13.5. The normalized spacial score (nSPS) is 11.3. The monoisotopic (exact) mass is 411 g/mol. The smallest absolute Gasteiger partial charge is 0.260 e. The van der Waals surface area contributed by atoms with Gasteiger partial charge in [0.2, 0.25) is 0 Å². The molecule has 3 aromatic heterocycles. The summed E-state index contributed by atoms with van der Waals surface area (Å²) in [7, 11) is 0. The molecule has 0 fully saturated rings. The highest BCUT2D eigenvalue weighted by Gasteiger charge is 2.11. The lowest BCUT2D eigenvalue weighted by Crippen LogP contribution is -2.23. The number of benzene rings is 2. The van der Waals surface area contributed by atoms with E-state index in [1.807, 2.05) is 30.3 Å².